The zero-order valence-corrected chi connectivity index (χ0v) is 17.6. The minimum Gasteiger partial charge on any atom is -0.444 e. The van der Waals surface area contributed by atoms with Crippen molar-refractivity contribution in [2.75, 3.05) is 11.9 Å². The molecule has 1 aromatic heterocycles. The van der Waals surface area contributed by atoms with E-state index in [4.69, 9.17) is 4.74 Å². The van der Waals surface area contributed by atoms with Crippen molar-refractivity contribution in [3.63, 3.8) is 0 Å². The van der Waals surface area contributed by atoms with Crippen LogP contribution in [0.25, 0.3) is 10.9 Å². The van der Waals surface area contributed by atoms with E-state index in [1.165, 1.54) is 12.1 Å². The maximum Gasteiger partial charge on any atom is 0.410 e. The lowest BCUT2D eigenvalue weighted by Crippen LogP contribution is -2.36. The zero-order chi connectivity index (χ0) is 21.9. The molecular formula is C23H26FN3O3. The molecule has 3 aromatic rings. The number of nitrogens with zero attached hydrogens (tertiary/aromatic N) is 1. The number of anilines is 1. The standard InChI is InChI=1S/C23H26FN3O3/c1-5-27(22(29)30-23(2,3)4)14-15-9-6-7-11-18(15)26-21(28)20-13-16-17(24)10-8-12-19(16)25-20/h6-13,25H,5,14H2,1-4H3,(H,26,28). The van der Waals surface area contributed by atoms with Crippen LogP contribution in [0.1, 0.15) is 43.7 Å². The van der Waals surface area contributed by atoms with Crippen LogP contribution in [0.4, 0.5) is 14.9 Å². The number of carbonyl (C=O) groups is 2. The van der Waals surface area contributed by atoms with E-state index in [1.54, 1.807) is 29.2 Å². The predicted molar refractivity (Wildman–Crippen MR) is 115 cm³/mol. The molecule has 30 heavy (non-hydrogen) atoms. The molecule has 3 rings (SSSR count). The molecule has 0 aliphatic carbocycles. The fourth-order valence-electron chi connectivity index (χ4n) is 3.05. The normalized spacial score (nSPS) is 11.4. The fraction of sp³-hybridized carbons (Fsp3) is 0.304. The first kappa shape index (κ1) is 21.4. The monoisotopic (exact) mass is 411 g/mol. The fourth-order valence-corrected chi connectivity index (χ4v) is 3.05. The van der Waals surface area contributed by atoms with Gasteiger partial charge in [0.1, 0.15) is 17.1 Å². The van der Waals surface area contributed by atoms with Crippen LogP contribution in [0.15, 0.2) is 48.5 Å². The predicted octanol–water partition coefficient (Wildman–Crippen LogP) is 5.32. The number of rotatable bonds is 5. The number of para-hydroxylation sites is 1. The van der Waals surface area contributed by atoms with E-state index in [-0.39, 0.29) is 18.1 Å². The molecule has 0 bridgehead atoms. The van der Waals surface area contributed by atoms with Crippen molar-refractivity contribution in [3.8, 4) is 0 Å². The topological polar surface area (TPSA) is 74.4 Å². The molecule has 2 N–H and O–H groups in total. The minimum atomic E-state index is -0.594. The lowest BCUT2D eigenvalue weighted by atomic mass is 10.1. The number of nitrogens with one attached hydrogen (secondary N) is 2. The highest BCUT2D eigenvalue weighted by atomic mass is 19.1. The summed E-state index contributed by atoms with van der Waals surface area (Å²) < 4.78 is 19.4. The third kappa shape index (κ3) is 4.97. The summed E-state index contributed by atoms with van der Waals surface area (Å²) in [6.45, 7) is 8.05. The summed E-state index contributed by atoms with van der Waals surface area (Å²) in [7, 11) is 0. The van der Waals surface area contributed by atoms with Gasteiger partial charge in [-0.15, -0.1) is 0 Å². The molecule has 0 radical (unpaired) electrons. The summed E-state index contributed by atoms with van der Waals surface area (Å²) in [6, 6.07) is 13.4. The summed E-state index contributed by atoms with van der Waals surface area (Å²) in [4.78, 5) is 29.7. The van der Waals surface area contributed by atoms with Crippen LogP contribution in [0.5, 0.6) is 0 Å². The van der Waals surface area contributed by atoms with Gasteiger partial charge in [0.15, 0.2) is 0 Å². The molecule has 6 nitrogen and oxygen atoms in total. The van der Waals surface area contributed by atoms with Crippen LogP contribution < -0.4 is 5.32 Å². The van der Waals surface area contributed by atoms with Crippen LogP contribution >= 0.6 is 0 Å². The van der Waals surface area contributed by atoms with Gasteiger partial charge in [0, 0.05) is 23.1 Å². The highest BCUT2D eigenvalue weighted by Gasteiger charge is 2.22. The first-order chi connectivity index (χ1) is 14.2. The molecule has 0 saturated carbocycles. The molecule has 2 amide bonds. The van der Waals surface area contributed by atoms with E-state index in [2.05, 4.69) is 10.3 Å². The average molecular weight is 411 g/mol. The van der Waals surface area contributed by atoms with Gasteiger partial charge in [0.2, 0.25) is 0 Å². The second kappa shape index (κ2) is 8.57. The van der Waals surface area contributed by atoms with Crippen LogP contribution in [0, 0.1) is 5.82 Å². The second-order valence-electron chi connectivity index (χ2n) is 7.99. The Morgan fingerprint density at radius 3 is 2.53 bits per heavy atom. The molecule has 0 aliphatic rings. The summed E-state index contributed by atoms with van der Waals surface area (Å²) in [5, 5.41) is 3.21. The van der Waals surface area contributed by atoms with Gasteiger partial charge in [-0.2, -0.15) is 0 Å². The van der Waals surface area contributed by atoms with E-state index in [0.29, 0.717) is 23.1 Å². The number of carbonyl (C=O) groups excluding carboxylic acids is 2. The summed E-state index contributed by atoms with van der Waals surface area (Å²) in [6.07, 6.45) is -0.419. The van der Waals surface area contributed by atoms with Crippen LogP contribution in [0.3, 0.4) is 0 Å². The Morgan fingerprint density at radius 2 is 1.87 bits per heavy atom. The van der Waals surface area contributed by atoms with Gasteiger partial charge < -0.3 is 19.9 Å². The van der Waals surface area contributed by atoms with Crippen LogP contribution in [-0.4, -0.2) is 34.0 Å². The molecule has 158 valence electrons. The SMILES string of the molecule is CCN(Cc1ccccc1NC(=O)c1cc2c(F)cccc2[nH]1)C(=O)OC(C)(C)C. The van der Waals surface area contributed by atoms with E-state index in [9.17, 15) is 14.0 Å². The lowest BCUT2D eigenvalue weighted by Gasteiger charge is -2.27. The molecule has 1 heterocycles. The molecule has 2 aromatic carbocycles. The van der Waals surface area contributed by atoms with E-state index < -0.39 is 17.6 Å². The largest absolute Gasteiger partial charge is 0.444 e. The third-order valence-corrected chi connectivity index (χ3v) is 4.52. The summed E-state index contributed by atoms with van der Waals surface area (Å²) in [5.74, 6) is -0.780. The van der Waals surface area contributed by atoms with Crippen molar-refractivity contribution < 1.29 is 18.7 Å². The number of fused-ring (bicyclic) bond motifs is 1. The van der Waals surface area contributed by atoms with Crippen LogP contribution in [0.2, 0.25) is 0 Å². The maximum atomic E-state index is 13.9. The number of H-pyrrole nitrogens is 1. The molecule has 7 heteroatoms. The summed E-state index contributed by atoms with van der Waals surface area (Å²) >= 11 is 0. The van der Waals surface area contributed by atoms with Crippen molar-refractivity contribution >= 4 is 28.6 Å². The highest BCUT2D eigenvalue weighted by molar-refractivity contribution is 6.06. The van der Waals surface area contributed by atoms with E-state index >= 15 is 0 Å². The number of aromatic amines is 1. The molecule has 0 saturated heterocycles. The van der Waals surface area contributed by atoms with Crippen molar-refractivity contribution in [2.45, 2.75) is 39.8 Å². The Kier molecular flexibility index (Phi) is 6.10. The number of halogens is 1. The van der Waals surface area contributed by atoms with Crippen molar-refractivity contribution in [2.24, 2.45) is 0 Å². The first-order valence-electron chi connectivity index (χ1n) is 9.82. The molecule has 0 unspecified atom stereocenters. The number of ether oxygens (including phenoxy) is 1. The molecular weight excluding hydrogens is 385 g/mol. The van der Waals surface area contributed by atoms with Gasteiger partial charge in [-0.3, -0.25) is 4.79 Å². The van der Waals surface area contributed by atoms with Gasteiger partial charge in [-0.1, -0.05) is 24.3 Å². The molecule has 0 atom stereocenters. The minimum absolute atomic E-state index is 0.254. The number of aromatic nitrogens is 1. The van der Waals surface area contributed by atoms with Crippen molar-refractivity contribution in [1.82, 2.24) is 9.88 Å². The molecule has 0 aliphatic heterocycles. The van der Waals surface area contributed by atoms with E-state index in [0.717, 1.165) is 5.56 Å². The Balaban J connectivity index is 1.79. The summed E-state index contributed by atoms with van der Waals surface area (Å²) in [5.41, 5.74) is 1.55. The van der Waals surface area contributed by atoms with Gasteiger partial charge in [0.25, 0.3) is 5.91 Å². The van der Waals surface area contributed by atoms with Gasteiger partial charge in [-0.25, -0.2) is 9.18 Å². The quantitative estimate of drug-likeness (QED) is 0.597. The Morgan fingerprint density at radius 1 is 1.13 bits per heavy atom. The number of amides is 2. The molecule has 0 fully saturated rings. The number of hydrogen-bond acceptors (Lipinski definition) is 3. The second-order valence-corrected chi connectivity index (χ2v) is 7.99. The lowest BCUT2D eigenvalue weighted by molar-refractivity contribution is 0.0245. The Labute approximate surface area is 175 Å². The highest BCUT2D eigenvalue weighted by Crippen LogP contribution is 2.22. The first-order valence-corrected chi connectivity index (χ1v) is 9.82. The third-order valence-electron chi connectivity index (χ3n) is 4.52. The van der Waals surface area contributed by atoms with Crippen molar-refractivity contribution in [3.05, 3.63) is 65.6 Å². The average Bonchev–Trinajstić information content (AvgIpc) is 3.12. The Hall–Kier alpha value is -3.35. The maximum absolute atomic E-state index is 13.9. The van der Waals surface area contributed by atoms with Gasteiger partial charge >= 0.3 is 6.09 Å². The van der Waals surface area contributed by atoms with Gasteiger partial charge in [-0.05, 0) is 57.5 Å². The smallest absolute Gasteiger partial charge is 0.410 e. The molecule has 0 spiro atoms. The Bertz CT molecular complexity index is 1070. The number of hydrogen-bond donors (Lipinski definition) is 2. The van der Waals surface area contributed by atoms with Crippen LogP contribution in [-0.2, 0) is 11.3 Å². The van der Waals surface area contributed by atoms with E-state index in [1.807, 2.05) is 39.8 Å². The van der Waals surface area contributed by atoms with Gasteiger partial charge in [0.05, 0.1) is 6.54 Å². The number of benzene rings is 2. The van der Waals surface area contributed by atoms with Crippen molar-refractivity contribution in [1.29, 1.82) is 0 Å². The zero-order valence-electron chi connectivity index (χ0n) is 17.6.